The fourth-order valence-electron chi connectivity index (χ4n) is 2.85. The molecule has 1 N–H and O–H groups in total. The summed E-state index contributed by atoms with van der Waals surface area (Å²) < 4.78 is 5.41. The van der Waals surface area contributed by atoms with Gasteiger partial charge < -0.3 is 15.0 Å². The molecule has 5 heteroatoms. The van der Waals surface area contributed by atoms with Gasteiger partial charge in [0.25, 0.3) is 0 Å². The number of carbonyl (C=O) groups excluding carboxylic acids is 2. The maximum Gasteiger partial charge on any atom is 0.248 e. The van der Waals surface area contributed by atoms with Gasteiger partial charge in [-0.1, -0.05) is 18.9 Å². The van der Waals surface area contributed by atoms with Gasteiger partial charge in [-0.2, -0.15) is 0 Å². The molecule has 2 aliphatic rings. The lowest BCUT2D eigenvalue weighted by atomic mass is 9.93. The summed E-state index contributed by atoms with van der Waals surface area (Å²) >= 11 is 0. The summed E-state index contributed by atoms with van der Waals surface area (Å²) in [7, 11) is 0. The molecule has 106 valence electrons. The van der Waals surface area contributed by atoms with Crippen molar-refractivity contribution in [3.63, 3.8) is 0 Å². The highest BCUT2D eigenvalue weighted by Crippen LogP contribution is 2.33. The molecule has 1 spiro atoms. The Balaban J connectivity index is 1.87. The summed E-state index contributed by atoms with van der Waals surface area (Å²) in [5.74, 6) is 0.0181. The highest BCUT2D eigenvalue weighted by molar-refractivity contribution is 5.98. The molecule has 5 nitrogen and oxygen atoms in total. The summed E-state index contributed by atoms with van der Waals surface area (Å²) in [6.07, 6.45) is 6.16. The summed E-state index contributed by atoms with van der Waals surface area (Å²) in [5, 5.41) is 2.90. The number of hydrogen-bond acceptors (Lipinski definition) is 3. The molecule has 2 amide bonds. The summed E-state index contributed by atoms with van der Waals surface area (Å²) in [4.78, 5) is 25.8. The zero-order valence-electron chi connectivity index (χ0n) is 11.3. The molecular formula is C14H22N2O3. The Hall–Kier alpha value is -1.36. The fraction of sp³-hybridized carbons (Fsp3) is 0.714. The molecule has 0 aromatic heterocycles. The van der Waals surface area contributed by atoms with Crippen molar-refractivity contribution in [2.45, 2.75) is 37.6 Å². The van der Waals surface area contributed by atoms with Crippen molar-refractivity contribution < 1.29 is 14.3 Å². The summed E-state index contributed by atoms with van der Waals surface area (Å²) in [6.45, 7) is 5.36. The lowest BCUT2D eigenvalue weighted by molar-refractivity contribution is -0.150. The van der Waals surface area contributed by atoms with Crippen LogP contribution in [0.1, 0.15) is 32.1 Å². The second-order valence-electron chi connectivity index (χ2n) is 5.25. The smallest absolute Gasteiger partial charge is 0.248 e. The van der Waals surface area contributed by atoms with Crippen molar-refractivity contribution in [3.8, 4) is 0 Å². The minimum atomic E-state index is -0.615. The molecule has 1 aliphatic carbocycles. The predicted octanol–water partition coefficient (Wildman–Crippen LogP) is 0.850. The molecule has 2 rings (SSSR count). The molecule has 0 aromatic carbocycles. The lowest BCUT2D eigenvalue weighted by Gasteiger charge is -2.39. The third kappa shape index (κ3) is 3.15. The molecule has 19 heavy (non-hydrogen) atoms. The van der Waals surface area contributed by atoms with E-state index in [0.29, 0.717) is 19.8 Å². The van der Waals surface area contributed by atoms with Gasteiger partial charge in [0.05, 0.1) is 19.8 Å². The number of hydrogen-bond donors (Lipinski definition) is 1. The van der Waals surface area contributed by atoms with Crippen molar-refractivity contribution >= 4 is 11.8 Å². The van der Waals surface area contributed by atoms with Crippen LogP contribution in [0.2, 0.25) is 0 Å². The number of piperazine rings is 1. The van der Waals surface area contributed by atoms with Crippen molar-refractivity contribution in [1.82, 2.24) is 10.2 Å². The van der Waals surface area contributed by atoms with Gasteiger partial charge in [-0.15, -0.1) is 6.58 Å². The molecule has 0 bridgehead atoms. The number of nitrogens with one attached hydrogen (secondary N) is 1. The van der Waals surface area contributed by atoms with E-state index < -0.39 is 5.54 Å². The second kappa shape index (κ2) is 6.19. The van der Waals surface area contributed by atoms with Crippen LogP contribution >= 0.6 is 0 Å². The van der Waals surface area contributed by atoms with Crippen LogP contribution in [0, 0.1) is 0 Å². The van der Waals surface area contributed by atoms with Crippen LogP contribution < -0.4 is 5.32 Å². The van der Waals surface area contributed by atoms with Crippen LogP contribution in [0.15, 0.2) is 12.7 Å². The van der Waals surface area contributed by atoms with E-state index >= 15 is 0 Å². The first kappa shape index (κ1) is 14.1. The average molecular weight is 266 g/mol. The first-order valence-electron chi connectivity index (χ1n) is 6.97. The monoisotopic (exact) mass is 266 g/mol. The third-order valence-electron chi connectivity index (χ3n) is 3.84. The Morgan fingerprint density at radius 3 is 2.74 bits per heavy atom. The van der Waals surface area contributed by atoms with E-state index in [9.17, 15) is 9.59 Å². The molecule has 1 heterocycles. The normalized spacial score (nSPS) is 21.8. The van der Waals surface area contributed by atoms with E-state index in [-0.39, 0.29) is 18.4 Å². The highest BCUT2D eigenvalue weighted by atomic mass is 16.5. The summed E-state index contributed by atoms with van der Waals surface area (Å²) in [6, 6.07) is 0. The zero-order chi connectivity index (χ0) is 13.7. The van der Waals surface area contributed by atoms with Gasteiger partial charge in [-0.3, -0.25) is 9.59 Å². The molecule has 2 fully saturated rings. The largest absolute Gasteiger partial charge is 0.379 e. The fourth-order valence-corrected chi connectivity index (χ4v) is 2.85. The van der Waals surface area contributed by atoms with Gasteiger partial charge in [0, 0.05) is 6.54 Å². The van der Waals surface area contributed by atoms with E-state index in [1.165, 1.54) is 0 Å². The van der Waals surface area contributed by atoms with Crippen molar-refractivity contribution in [2.75, 3.05) is 26.3 Å². The quantitative estimate of drug-likeness (QED) is 0.573. The standard InChI is InChI=1S/C14H22N2O3/c1-2-3-9-19-10-8-16-11-12(17)15-14(13(16)18)6-4-5-7-14/h2H,1,3-11H2,(H,15,17). The minimum absolute atomic E-state index is 0.0485. The Bertz CT molecular complexity index is 362. The van der Waals surface area contributed by atoms with Gasteiger partial charge in [0.15, 0.2) is 0 Å². The first-order valence-corrected chi connectivity index (χ1v) is 6.97. The second-order valence-corrected chi connectivity index (χ2v) is 5.25. The third-order valence-corrected chi connectivity index (χ3v) is 3.84. The predicted molar refractivity (Wildman–Crippen MR) is 71.6 cm³/mol. The molecule has 1 saturated carbocycles. The SMILES string of the molecule is C=CCCOCCN1CC(=O)NC2(CCCC2)C1=O. The Morgan fingerprint density at radius 1 is 1.32 bits per heavy atom. The minimum Gasteiger partial charge on any atom is -0.379 e. The number of rotatable bonds is 6. The van der Waals surface area contributed by atoms with E-state index in [1.54, 1.807) is 11.0 Å². The molecule has 0 radical (unpaired) electrons. The van der Waals surface area contributed by atoms with Crippen LogP contribution in [-0.4, -0.2) is 48.6 Å². The Morgan fingerprint density at radius 2 is 2.05 bits per heavy atom. The lowest BCUT2D eigenvalue weighted by Crippen LogP contribution is -2.65. The van der Waals surface area contributed by atoms with E-state index in [4.69, 9.17) is 4.74 Å². The first-order chi connectivity index (χ1) is 9.18. The van der Waals surface area contributed by atoms with Gasteiger partial charge in [0.1, 0.15) is 5.54 Å². The van der Waals surface area contributed by atoms with Crippen LogP contribution in [0.4, 0.5) is 0 Å². The maximum atomic E-state index is 12.5. The number of ether oxygens (including phenoxy) is 1. The van der Waals surface area contributed by atoms with Crippen molar-refractivity contribution in [2.24, 2.45) is 0 Å². The Labute approximate surface area is 114 Å². The molecule has 1 saturated heterocycles. The Kier molecular flexibility index (Phi) is 4.58. The van der Waals surface area contributed by atoms with Gasteiger partial charge in [0.2, 0.25) is 11.8 Å². The van der Waals surface area contributed by atoms with Crippen LogP contribution in [-0.2, 0) is 14.3 Å². The molecule has 1 aliphatic heterocycles. The molecular weight excluding hydrogens is 244 g/mol. The highest BCUT2D eigenvalue weighted by Gasteiger charge is 2.47. The average Bonchev–Trinajstić information content (AvgIpc) is 2.84. The van der Waals surface area contributed by atoms with E-state index in [1.807, 2.05) is 0 Å². The summed E-state index contributed by atoms with van der Waals surface area (Å²) in [5.41, 5.74) is -0.615. The number of amides is 2. The van der Waals surface area contributed by atoms with Gasteiger partial charge >= 0.3 is 0 Å². The van der Waals surface area contributed by atoms with E-state index in [2.05, 4.69) is 11.9 Å². The van der Waals surface area contributed by atoms with Crippen LogP contribution in [0.25, 0.3) is 0 Å². The zero-order valence-corrected chi connectivity index (χ0v) is 11.3. The molecule has 0 aromatic rings. The molecule has 0 atom stereocenters. The van der Waals surface area contributed by atoms with Crippen molar-refractivity contribution in [3.05, 3.63) is 12.7 Å². The topological polar surface area (TPSA) is 58.6 Å². The number of nitrogens with zero attached hydrogens (tertiary/aromatic N) is 1. The molecule has 0 unspecified atom stereocenters. The number of carbonyl (C=O) groups is 2. The maximum absolute atomic E-state index is 12.5. The van der Waals surface area contributed by atoms with E-state index in [0.717, 1.165) is 32.1 Å². The van der Waals surface area contributed by atoms with Crippen molar-refractivity contribution in [1.29, 1.82) is 0 Å². The van der Waals surface area contributed by atoms with Gasteiger partial charge in [-0.25, -0.2) is 0 Å². The van der Waals surface area contributed by atoms with Crippen LogP contribution in [0.3, 0.4) is 0 Å². The van der Waals surface area contributed by atoms with Crippen LogP contribution in [0.5, 0.6) is 0 Å². The van der Waals surface area contributed by atoms with Gasteiger partial charge in [-0.05, 0) is 19.3 Å².